The number of hydrogen-bond donors (Lipinski definition) is 3. The summed E-state index contributed by atoms with van der Waals surface area (Å²) in [5, 5.41) is 5.72. The van der Waals surface area contributed by atoms with E-state index in [-0.39, 0.29) is 17.6 Å². The summed E-state index contributed by atoms with van der Waals surface area (Å²) >= 11 is 0. The highest BCUT2D eigenvalue weighted by Crippen LogP contribution is 2.35. The van der Waals surface area contributed by atoms with Crippen LogP contribution in [0.2, 0.25) is 0 Å². The monoisotopic (exact) mass is 552 g/mol. The lowest BCUT2D eigenvalue weighted by Gasteiger charge is -2.34. The molecule has 41 heavy (non-hydrogen) atoms. The summed E-state index contributed by atoms with van der Waals surface area (Å²) < 4.78 is 5.87. The van der Waals surface area contributed by atoms with E-state index >= 15 is 0 Å². The molecule has 0 bridgehead atoms. The molecular weight excluding hydrogens is 524 g/mol. The number of nitrogens with one attached hydrogen (secondary N) is 3. The average Bonchev–Trinajstić information content (AvgIpc) is 2.99. The number of amides is 3. The van der Waals surface area contributed by atoms with Crippen LogP contribution in [0.5, 0.6) is 11.5 Å². The van der Waals surface area contributed by atoms with E-state index in [0.717, 1.165) is 11.3 Å². The molecule has 0 saturated carbocycles. The van der Waals surface area contributed by atoms with Gasteiger partial charge in [-0.3, -0.25) is 20.1 Å². The molecule has 4 aromatic rings. The molecule has 2 aromatic heterocycles. The zero-order chi connectivity index (χ0) is 28.8. The van der Waals surface area contributed by atoms with Gasteiger partial charge in [-0.2, -0.15) is 4.98 Å². The van der Waals surface area contributed by atoms with Crippen molar-refractivity contribution in [3.05, 3.63) is 97.0 Å². The van der Waals surface area contributed by atoms with Crippen molar-refractivity contribution >= 4 is 40.8 Å². The van der Waals surface area contributed by atoms with Gasteiger partial charge in [0.25, 0.3) is 5.91 Å². The second-order valence-electron chi connectivity index (χ2n) is 8.98. The van der Waals surface area contributed by atoms with E-state index in [9.17, 15) is 9.59 Å². The predicted octanol–water partition coefficient (Wildman–Crippen LogP) is 5.00. The Bertz CT molecular complexity index is 1580. The van der Waals surface area contributed by atoms with Gasteiger partial charge in [-0.15, -0.1) is 6.58 Å². The zero-order valence-corrected chi connectivity index (χ0v) is 22.5. The van der Waals surface area contributed by atoms with Crippen LogP contribution in [-0.4, -0.2) is 52.5 Å². The Balaban J connectivity index is 1.34. The van der Waals surface area contributed by atoms with Crippen LogP contribution in [-0.2, 0) is 11.4 Å². The van der Waals surface area contributed by atoms with Crippen molar-refractivity contribution < 1.29 is 19.2 Å². The van der Waals surface area contributed by atoms with Gasteiger partial charge in [0.15, 0.2) is 5.82 Å². The molecular formula is C29H28N8O4. The molecule has 0 unspecified atom stereocenters. The van der Waals surface area contributed by atoms with Crippen molar-refractivity contribution in [2.45, 2.75) is 6.54 Å². The predicted molar refractivity (Wildman–Crippen MR) is 155 cm³/mol. The number of carbonyl (C=O) groups excluding carboxylic acids is 2. The number of benzene rings is 2. The van der Waals surface area contributed by atoms with Crippen molar-refractivity contribution in [1.29, 1.82) is 0 Å². The number of ether oxygens (including phenoxy) is 1. The highest BCUT2D eigenvalue weighted by Gasteiger charge is 2.31. The molecule has 0 spiro atoms. The first-order valence-corrected chi connectivity index (χ1v) is 12.7. The molecule has 0 saturated heterocycles. The number of nitrogens with zero attached hydrogens (tertiary/aromatic N) is 5. The minimum atomic E-state index is -0.297. The Kier molecular flexibility index (Phi) is 8.02. The van der Waals surface area contributed by atoms with E-state index < -0.39 is 0 Å². The third kappa shape index (κ3) is 6.23. The van der Waals surface area contributed by atoms with Gasteiger partial charge in [0.1, 0.15) is 17.2 Å². The fourth-order valence-electron chi connectivity index (χ4n) is 4.07. The Morgan fingerprint density at radius 2 is 1.90 bits per heavy atom. The first-order chi connectivity index (χ1) is 19.9. The maximum Gasteiger partial charge on any atom is 0.330 e. The van der Waals surface area contributed by atoms with Gasteiger partial charge in [-0.1, -0.05) is 12.1 Å². The number of carbonyl (C=O) groups is 2. The fourth-order valence-corrected chi connectivity index (χ4v) is 4.07. The Labute approximate surface area is 236 Å². The van der Waals surface area contributed by atoms with Crippen molar-refractivity contribution in [2.75, 3.05) is 36.4 Å². The molecule has 3 amide bonds. The van der Waals surface area contributed by atoms with E-state index in [1.807, 2.05) is 30.3 Å². The van der Waals surface area contributed by atoms with Crippen LogP contribution in [0.3, 0.4) is 0 Å². The molecule has 1 aliphatic heterocycles. The molecule has 12 heteroatoms. The number of hydrogen-bond acceptors (Lipinski definition) is 9. The van der Waals surface area contributed by atoms with E-state index in [4.69, 9.17) is 14.6 Å². The second kappa shape index (κ2) is 12.1. The van der Waals surface area contributed by atoms with Crippen molar-refractivity contribution in [3.63, 3.8) is 0 Å². The number of pyridine rings is 1. The summed E-state index contributed by atoms with van der Waals surface area (Å²) in [6.07, 6.45) is 4.85. The van der Waals surface area contributed by atoms with Crippen molar-refractivity contribution in [3.8, 4) is 11.5 Å². The third-order valence-electron chi connectivity index (χ3n) is 6.01. The SMILES string of the molecule is C=CCONc1cccc(N2C(=O)N(C)Cc3cnc(Nc4ccc(Oc5ccnc(C(=O)NC)c5)cc4)nc32)c1. The quantitative estimate of drug-likeness (QED) is 0.141. The Morgan fingerprint density at radius 3 is 2.68 bits per heavy atom. The molecule has 5 rings (SSSR count). The molecule has 0 atom stereocenters. The lowest BCUT2D eigenvalue weighted by Crippen LogP contribution is -2.43. The molecule has 1 aliphatic rings. The Morgan fingerprint density at radius 1 is 1.07 bits per heavy atom. The number of rotatable bonds is 10. The lowest BCUT2D eigenvalue weighted by atomic mass is 10.2. The van der Waals surface area contributed by atoms with E-state index in [0.29, 0.717) is 47.8 Å². The van der Waals surface area contributed by atoms with Gasteiger partial charge in [-0.05, 0) is 48.5 Å². The van der Waals surface area contributed by atoms with Gasteiger partial charge >= 0.3 is 6.03 Å². The van der Waals surface area contributed by atoms with Gasteiger partial charge in [-0.25, -0.2) is 14.7 Å². The average molecular weight is 553 g/mol. The molecule has 208 valence electrons. The number of fused-ring (bicyclic) bond motifs is 1. The van der Waals surface area contributed by atoms with Crippen LogP contribution >= 0.6 is 0 Å². The van der Waals surface area contributed by atoms with Crippen LogP contribution in [0.15, 0.2) is 85.7 Å². The summed E-state index contributed by atoms with van der Waals surface area (Å²) in [5.74, 6) is 1.57. The van der Waals surface area contributed by atoms with Crippen LogP contribution in [0.1, 0.15) is 16.1 Å². The summed E-state index contributed by atoms with van der Waals surface area (Å²) in [6.45, 7) is 4.34. The van der Waals surface area contributed by atoms with E-state index in [2.05, 4.69) is 32.7 Å². The zero-order valence-electron chi connectivity index (χ0n) is 22.5. The van der Waals surface area contributed by atoms with E-state index in [1.165, 1.54) is 6.20 Å². The largest absolute Gasteiger partial charge is 0.457 e. The lowest BCUT2D eigenvalue weighted by molar-refractivity contribution is 0.0957. The first-order valence-electron chi connectivity index (χ1n) is 12.7. The minimum absolute atomic E-state index is 0.219. The maximum atomic E-state index is 13.3. The fraction of sp³-hybridized carbons (Fsp3) is 0.138. The number of urea groups is 1. The molecule has 0 radical (unpaired) electrons. The maximum absolute atomic E-state index is 13.3. The second-order valence-corrected chi connectivity index (χ2v) is 8.98. The normalized spacial score (nSPS) is 12.4. The smallest absolute Gasteiger partial charge is 0.330 e. The summed E-state index contributed by atoms with van der Waals surface area (Å²) in [4.78, 5) is 46.8. The third-order valence-corrected chi connectivity index (χ3v) is 6.01. The number of aromatic nitrogens is 3. The summed E-state index contributed by atoms with van der Waals surface area (Å²) in [7, 11) is 3.27. The van der Waals surface area contributed by atoms with Gasteiger partial charge in [0, 0.05) is 43.8 Å². The van der Waals surface area contributed by atoms with Crippen LogP contribution in [0, 0.1) is 0 Å². The van der Waals surface area contributed by atoms with Gasteiger partial charge in [0.05, 0.1) is 24.5 Å². The van der Waals surface area contributed by atoms with Crippen LogP contribution in [0.25, 0.3) is 0 Å². The van der Waals surface area contributed by atoms with E-state index in [1.54, 1.807) is 66.5 Å². The Hall–Kier alpha value is -5.49. The highest BCUT2D eigenvalue weighted by molar-refractivity contribution is 6.01. The highest BCUT2D eigenvalue weighted by atomic mass is 16.6. The minimum Gasteiger partial charge on any atom is -0.457 e. The first kappa shape index (κ1) is 27.1. The molecule has 2 aromatic carbocycles. The van der Waals surface area contributed by atoms with Crippen molar-refractivity contribution in [2.24, 2.45) is 0 Å². The summed E-state index contributed by atoms with van der Waals surface area (Å²) in [6, 6.07) is 17.5. The molecule has 3 N–H and O–H groups in total. The van der Waals surface area contributed by atoms with Crippen molar-refractivity contribution in [1.82, 2.24) is 25.2 Å². The topological polar surface area (TPSA) is 134 Å². The molecule has 3 heterocycles. The van der Waals surface area contributed by atoms with Gasteiger partial charge < -0.3 is 20.3 Å². The molecule has 0 aliphatic carbocycles. The molecule has 0 fully saturated rings. The molecule has 12 nitrogen and oxygen atoms in total. The van der Waals surface area contributed by atoms with Crippen LogP contribution in [0.4, 0.5) is 33.6 Å². The summed E-state index contributed by atoms with van der Waals surface area (Å²) in [5.41, 5.74) is 5.93. The standard InChI is InChI=1S/C29H28N8O4/c1-4-14-40-35-21-6-5-7-22(15-21)37-26-19(18-36(3)29(37)39)17-32-28(34-26)33-20-8-10-23(11-9-20)41-24-12-13-31-25(16-24)27(38)30-2/h4-13,15-17,35H,1,14,18H2,2-3H3,(H,30,38)(H,32,33,34). The number of anilines is 5. The van der Waals surface area contributed by atoms with Gasteiger partial charge in [0.2, 0.25) is 5.95 Å². The van der Waals surface area contributed by atoms with Crippen LogP contribution < -0.4 is 25.8 Å².